The van der Waals surface area contributed by atoms with Gasteiger partial charge in [0.2, 0.25) is 5.91 Å². The maximum Gasteiger partial charge on any atom is 0.336 e. The molecule has 2 amide bonds. The molecule has 190 valence electrons. The largest absolute Gasteiger partial charge is 0.483 e. The number of carbonyl (C=O) groups excluding carboxylic acids is 2. The average molecular weight is 485 g/mol. The van der Waals surface area contributed by atoms with Gasteiger partial charge in [0.15, 0.2) is 6.61 Å². The first-order valence-electron chi connectivity index (χ1n) is 12.8. The number of hydrogen-bond donors (Lipinski definition) is 2. The average Bonchev–Trinajstić information content (AvgIpc) is 2.83. The predicted octanol–water partition coefficient (Wildman–Crippen LogP) is 3.09. The van der Waals surface area contributed by atoms with E-state index in [1.165, 1.54) is 6.07 Å². The van der Waals surface area contributed by atoms with Gasteiger partial charge in [0, 0.05) is 49.0 Å². The van der Waals surface area contributed by atoms with E-state index in [9.17, 15) is 19.5 Å². The molecule has 1 aliphatic carbocycles. The van der Waals surface area contributed by atoms with Gasteiger partial charge in [0.05, 0.1) is 5.60 Å². The van der Waals surface area contributed by atoms with Crippen molar-refractivity contribution in [2.75, 3.05) is 26.2 Å². The van der Waals surface area contributed by atoms with Crippen LogP contribution in [0.5, 0.6) is 5.75 Å². The van der Waals surface area contributed by atoms with Crippen molar-refractivity contribution in [2.24, 2.45) is 5.92 Å². The molecule has 1 aliphatic heterocycles. The summed E-state index contributed by atoms with van der Waals surface area (Å²) in [5.74, 6) is 0.319. The SMILES string of the molecule is CCCc1cc(=O)oc2c(C)c(OCC(=O)NCCC(=O)N3CC[C@]4(O)CCCC[C@@H]4C3)ccc12. The molecule has 0 radical (unpaired) electrons. The normalized spacial score (nSPS) is 22.0. The number of fused-ring (bicyclic) bond motifs is 2. The molecule has 2 fully saturated rings. The van der Waals surface area contributed by atoms with E-state index in [-0.39, 0.29) is 37.3 Å². The highest BCUT2D eigenvalue weighted by atomic mass is 16.5. The lowest BCUT2D eigenvalue weighted by molar-refractivity contribution is -0.143. The summed E-state index contributed by atoms with van der Waals surface area (Å²) in [4.78, 5) is 38.7. The molecule has 0 bridgehead atoms. The van der Waals surface area contributed by atoms with Crippen LogP contribution in [-0.4, -0.2) is 53.7 Å². The van der Waals surface area contributed by atoms with Crippen LogP contribution in [-0.2, 0) is 16.0 Å². The second-order valence-corrected chi connectivity index (χ2v) is 9.93. The Hall–Kier alpha value is -2.87. The van der Waals surface area contributed by atoms with Crippen LogP contribution in [0.4, 0.5) is 0 Å². The van der Waals surface area contributed by atoms with Gasteiger partial charge in [-0.2, -0.15) is 0 Å². The number of nitrogens with one attached hydrogen (secondary N) is 1. The Balaban J connectivity index is 1.26. The van der Waals surface area contributed by atoms with E-state index in [1.807, 2.05) is 11.0 Å². The fourth-order valence-corrected chi connectivity index (χ4v) is 5.50. The molecule has 8 heteroatoms. The van der Waals surface area contributed by atoms with Crippen LogP contribution in [0.15, 0.2) is 27.4 Å². The van der Waals surface area contributed by atoms with Crippen molar-refractivity contribution in [1.82, 2.24) is 10.2 Å². The van der Waals surface area contributed by atoms with Crippen LogP contribution < -0.4 is 15.7 Å². The van der Waals surface area contributed by atoms with Gasteiger partial charge >= 0.3 is 5.63 Å². The van der Waals surface area contributed by atoms with E-state index in [0.717, 1.165) is 49.5 Å². The van der Waals surface area contributed by atoms with Gasteiger partial charge in [0.25, 0.3) is 5.91 Å². The summed E-state index contributed by atoms with van der Waals surface area (Å²) in [7, 11) is 0. The predicted molar refractivity (Wildman–Crippen MR) is 132 cm³/mol. The molecule has 0 unspecified atom stereocenters. The summed E-state index contributed by atoms with van der Waals surface area (Å²) in [6, 6.07) is 5.17. The van der Waals surface area contributed by atoms with E-state index >= 15 is 0 Å². The number of hydrogen-bond acceptors (Lipinski definition) is 6. The fraction of sp³-hybridized carbons (Fsp3) is 0.593. The van der Waals surface area contributed by atoms with E-state index in [4.69, 9.17) is 9.15 Å². The number of carbonyl (C=O) groups is 2. The van der Waals surface area contributed by atoms with Crippen molar-refractivity contribution >= 4 is 22.8 Å². The van der Waals surface area contributed by atoms with Crippen molar-refractivity contribution in [3.63, 3.8) is 0 Å². The lowest BCUT2D eigenvalue weighted by atomic mass is 9.71. The van der Waals surface area contributed by atoms with Gasteiger partial charge in [-0.25, -0.2) is 4.79 Å². The standard InChI is InChI=1S/C27H36N2O6/c1-3-6-19-15-25(32)35-26-18(2)22(9-8-21(19)26)34-17-23(30)28-13-10-24(31)29-14-12-27(33)11-5-4-7-20(27)16-29/h8-9,15,20,33H,3-7,10-14,16-17H2,1-2H3,(H,28,30)/t20-,27-/m1/s1. The molecular formula is C27H36N2O6. The third kappa shape index (κ3) is 5.69. The van der Waals surface area contributed by atoms with Crippen molar-refractivity contribution in [1.29, 1.82) is 0 Å². The molecule has 8 nitrogen and oxygen atoms in total. The molecule has 1 aromatic heterocycles. The minimum Gasteiger partial charge on any atom is -0.483 e. The van der Waals surface area contributed by atoms with Crippen LogP contribution in [0.25, 0.3) is 11.0 Å². The summed E-state index contributed by atoms with van der Waals surface area (Å²) in [6.45, 7) is 5.07. The summed E-state index contributed by atoms with van der Waals surface area (Å²) >= 11 is 0. The first kappa shape index (κ1) is 25.2. The number of nitrogens with zero attached hydrogens (tertiary/aromatic N) is 1. The van der Waals surface area contributed by atoms with Gasteiger partial charge in [-0.3, -0.25) is 9.59 Å². The van der Waals surface area contributed by atoms with E-state index in [0.29, 0.717) is 36.4 Å². The molecule has 2 atom stereocenters. The van der Waals surface area contributed by atoms with Crippen molar-refractivity contribution in [2.45, 2.75) is 70.8 Å². The molecule has 2 N–H and O–H groups in total. The lowest BCUT2D eigenvalue weighted by Gasteiger charge is -2.47. The van der Waals surface area contributed by atoms with Gasteiger partial charge in [-0.15, -0.1) is 0 Å². The van der Waals surface area contributed by atoms with Crippen LogP contribution in [0.1, 0.15) is 63.0 Å². The lowest BCUT2D eigenvalue weighted by Crippen LogP contribution is -2.54. The Bertz CT molecular complexity index is 1140. The van der Waals surface area contributed by atoms with Gasteiger partial charge < -0.3 is 24.5 Å². The quantitative estimate of drug-likeness (QED) is 0.558. The molecule has 1 saturated heterocycles. The zero-order valence-electron chi connectivity index (χ0n) is 20.7. The molecule has 2 heterocycles. The molecule has 4 rings (SSSR count). The second kappa shape index (κ2) is 10.8. The third-order valence-electron chi connectivity index (χ3n) is 7.52. The zero-order chi connectivity index (χ0) is 25.0. The maximum absolute atomic E-state index is 12.6. The minimum absolute atomic E-state index is 0.00197. The number of likely N-dealkylation sites (tertiary alicyclic amines) is 1. The number of aryl methyl sites for hydroxylation is 2. The Labute approximate surface area is 205 Å². The van der Waals surface area contributed by atoms with Crippen molar-refractivity contribution in [3.05, 3.63) is 39.7 Å². The molecule has 2 aliphatic rings. The van der Waals surface area contributed by atoms with Crippen molar-refractivity contribution < 1.29 is 23.8 Å². The summed E-state index contributed by atoms with van der Waals surface area (Å²) in [5, 5.41) is 14.4. The second-order valence-electron chi connectivity index (χ2n) is 9.93. The molecule has 0 spiro atoms. The number of benzene rings is 1. The number of amides is 2. The van der Waals surface area contributed by atoms with Crippen LogP contribution in [0.3, 0.4) is 0 Å². The first-order valence-corrected chi connectivity index (χ1v) is 12.8. The molecule has 35 heavy (non-hydrogen) atoms. The number of ether oxygens (including phenoxy) is 1. The van der Waals surface area contributed by atoms with Crippen molar-refractivity contribution in [3.8, 4) is 5.75 Å². The monoisotopic (exact) mass is 484 g/mol. The summed E-state index contributed by atoms with van der Waals surface area (Å²) in [5.41, 5.74) is 1.09. The van der Waals surface area contributed by atoms with E-state index in [1.54, 1.807) is 13.0 Å². The van der Waals surface area contributed by atoms with Crippen LogP contribution >= 0.6 is 0 Å². The molecular weight excluding hydrogens is 448 g/mol. The Morgan fingerprint density at radius 3 is 2.91 bits per heavy atom. The Morgan fingerprint density at radius 2 is 2.11 bits per heavy atom. The molecule has 2 aromatic rings. The smallest absolute Gasteiger partial charge is 0.336 e. The molecule has 1 saturated carbocycles. The zero-order valence-corrected chi connectivity index (χ0v) is 20.7. The third-order valence-corrected chi connectivity index (χ3v) is 7.52. The highest BCUT2D eigenvalue weighted by Gasteiger charge is 2.43. The Morgan fingerprint density at radius 1 is 1.29 bits per heavy atom. The van der Waals surface area contributed by atoms with E-state index < -0.39 is 11.2 Å². The topological polar surface area (TPSA) is 109 Å². The highest BCUT2D eigenvalue weighted by molar-refractivity contribution is 5.85. The maximum atomic E-state index is 12.6. The first-order chi connectivity index (χ1) is 16.8. The summed E-state index contributed by atoms with van der Waals surface area (Å²) < 4.78 is 11.1. The van der Waals surface area contributed by atoms with Crippen LogP contribution in [0, 0.1) is 12.8 Å². The number of piperidine rings is 1. The number of aliphatic hydroxyl groups is 1. The minimum atomic E-state index is -0.610. The van der Waals surface area contributed by atoms with Gasteiger partial charge in [-0.1, -0.05) is 26.2 Å². The number of rotatable bonds is 8. The van der Waals surface area contributed by atoms with Gasteiger partial charge in [0.1, 0.15) is 11.3 Å². The summed E-state index contributed by atoms with van der Waals surface area (Å²) in [6.07, 6.45) is 6.51. The van der Waals surface area contributed by atoms with E-state index in [2.05, 4.69) is 12.2 Å². The molecule has 1 aromatic carbocycles. The fourth-order valence-electron chi connectivity index (χ4n) is 5.50. The highest BCUT2D eigenvalue weighted by Crippen LogP contribution is 2.39. The van der Waals surface area contributed by atoms with Gasteiger partial charge in [-0.05, 0) is 50.3 Å². The van der Waals surface area contributed by atoms with Crippen LogP contribution in [0.2, 0.25) is 0 Å². The Kier molecular flexibility index (Phi) is 7.79.